The minimum atomic E-state index is -0.356. The van der Waals surface area contributed by atoms with Crippen molar-refractivity contribution in [2.45, 2.75) is 18.9 Å². The molecule has 9 heteroatoms. The molecule has 154 valence electrons. The molecule has 8 nitrogen and oxygen atoms in total. The number of hydrogen-bond donors (Lipinski definition) is 2. The molecule has 0 bridgehead atoms. The minimum Gasteiger partial charge on any atom is -0.376 e. The Hall–Kier alpha value is -3.23. The summed E-state index contributed by atoms with van der Waals surface area (Å²) in [4.78, 5) is 25.0. The molecule has 3 aromatic rings. The van der Waals surface area contributed by atoms with Crippen molar-refractivity contribution in [3.05, 3.63) is 71.3 Å². The number of aromatic nitrogens is 3. The van der Waals surface area contributed by atoms with Gasteiger partial charge in [-0.15, -0.1) is 10.2 Å². The lowest BCUT2D eigenvalue weighted by Crippen LogP contribution is -2.31. The fourth-order valence-electron chi connectivity index (χ4n) is 3.20. The number of nitrogens with one attached hydrogen (secondary N) is 2. The number of halogens is 1. The lowest BCUT2D eigenvalue weighted by atomic mass is 10.1. The molecule has 4 rings (SSSR count). The van der Waals surface area contributed by atoms with E-state index in [4.69, 9.17) is 16.3 Å². The fourth-order valence-corrected chi connectivity index (χ4v) is 3.40. The van der Waals surface area contributed by atoms with Gasteiger partial charge in [0.05, 0.1) is 16.7 Å². The second-order valence-electron chi connectivity index (χ2n) is 6.91. The van der Waals surface area contributed by atoms with Crippen molar-refractivity contribution in [1.29, 1.82) is 0 Å². The summed E-state index contributed by atoms with van der Waals surface area (Å²) < 4.78 is 7.18. The highest BCUT2D eigenvalue weighted by Gasteiger charge is 2.17. The standard InChI is InChI=1S/C21H20ClN5O3/c22-19-8-7-16(27-12-24-25-13-27)10-18(19)21(29)26-15-5-3-14(4-6-15)20(28)23-11-17-2-1-9-30-17/h3-8,10,12-13,17H,1-2,9,11H2,(H,23,28)(H,26,29)/t17-/m1/s1. The van der Waals surface area contributed by atoms with E-state index in [1.807, 2.05) is 0 Å². The van der Waals surface area contributed by atoms with Gasteiger partial charge in [-0.3, -0.25) is 14.2 Å². The maximum atomic E-state index is 12.7. The molecule has 1 atom stereocenters. The highest BCUT2D eigenvalue weighted by Crippen LogP contribution is 2.21. The van der Waals surface area contributed by atoms with Gasteiger partial charge in [0, 0.05) is 30.1 Å². The Morgan fingerprint density at radius 3 is 2.57 bits per heavy atom. The maximum Gasteiger partial charge on any atom is 0.257 e. The lowest BCUT2D eigenvalue weighted by Gasteiger charge is -2.12. The number of anilines is 1. The lowest BCUT2D eigenvalue weighted by molar-refractivity contribution is 0.0857. The van der Waals surface area contributed by atoms with Gasteiger partial charge in [0.1, 0.15) is 12.7 Å². The van der Waals surface area contributed by atoms with Gasteiger partial charge in [-0.2, -0.15) is 0 Å². The molecule has 1 fully saturated rings. The number of rotatable bonds is 6. The summed E-state index contributed by atoms with van der Waals surface area (Å²) in [6.45, 7) is 1.25. The van der Waals surface area contributed by atoms with Crippen molar-refractivity contribution in [2.75, 3.05) is 18.5 Å². The first-order chi connectivity index (χ1) is 14.6. The molecule has 2 heterocycles. The summed E-state index contributed by atoms with van der Waals surface area (Å²) >= 11 is 6.21. The molecule has 2 amide bonds. The zero-order chi connectivity index (χ0) is 20.9. The van der Waals surface area contributed by atoms with Gasteiger partial charge >= 0.3 is 0 Å². The van der Waals surface area contributed by atoms with Crippen molar-refractivity contribution >= 4 is 29.1 Å². The molecule has 1 aromatic heterocycles. The number of amides is 2. The number of nitrogens with zero attached hydrogens (tertiary/aromatic N) is 3. The number of ether oxygens (including phenoxy) is 1. The molecule has 30 heavy (non-hydrogen) atoms. The molecule has 1 aliphatic heterocycles. The van der Waals surface area contributed by atoms with E-state index in [0.29, 0.717) is 34.1 Å². The average molecular weight is 426 g/mol. The number of hydrogen-bond acceptors (Lipinski definition) is 5. The van der Waals surface area contributed by atoms with E-state index in [1.165, 1.54) is 12.7 Å². The van der Waals surface area contributed by atoms with E-state index in [2.05, 4.69) is 20.8 Å². The smallest absolute Gasteiger partial charge is 0.257 e. The summed E-state index contributed by atoms with van der Waals surface area (Å²) in [6.07, 6.45) is 5.15. The molecule has 0 aliphatic carbocycles. The van der Waals surface area contributed by atoms with Gasteiger partial charge in [0.25, 0.3) is 11.8 Å². The molecule has 0 unspecified atom stereocenters. The van der Waals surface area contributed by atoms with Crippen LogP contribution in [0.5, 0.6) is 0 Å². The maximum absolute atomic E-state index is 12.7. The number of carbonyl (C=O) groups is 2. The van der Waals surface area contributed by atoms with Crippen LogP contribution in [0.2, 0.25) is 5.02 Å². The van der Waals surface area contributed by atoms with Crippen LogP contribution >= 0.6 is 11.6 Å². The minimum absolute atomic E-state index is 0.0890. The van der Waals surface area contributed by atoms with Crippen molar-refractivity contribution in [3.8, 4) is 5.69 Å². The number of carbonyl (C=O) groups excluding carboxylic acids is 2. The first-order valence-corrected chi connectivity index (χ1v) is 9.94. The summed E-state index contributed by atoms with van der Waals surface area (Å²) in [6, 6.07) is 11.8. The Morgan fingerprint density at radius 2 is 1.87 bits per heavy atom. The Balaban J connectivity index is 1.40. The predicted molar refractivity (Wildman–Crippen MR) is 112 cm³/mol. The summed E-state index contributed by atoms with van der Waals surface area (Å²) in [5, 5.41) is 13.5. The van der Waals surface area contributed by atoms with E-state index in [9.17, 15) is 9.59 Å². The highest BCUT2D eigenvalue weighted by atomic mass is 35.5. The third-order valence-electron chi connectivity index (χ3n) is 4.83. The van der Waals surface area contributed by atoms with Crippen LogP contribution < -0.4 is 10.6 Å². The molecule has 2 aromatic carbocycles. The largest absolute Gasteiger partial charge is 0.376 e. The van der Waals surface area contributed by atoms with Gasteiger partial charge in [-0.25, -0.2) is 0 Å². The van der Waals surface area contributed by atoms with Crippen LogP contribution in [0.1, 0.15) is 33.6 Å². The Bertz CT molecular complexity index is 1030. The SMILES string of the molecule is O=C(NC[C@H]1CCCO1)c1ccc(NC(=O)c2cc(-n3cnnc3)ccc2Cl)cc1. The Morgan fingerprint density at radius 1 is 1.10 bits per heavy atom. The normalized spacial score (nSPS) is 15.7. The first-order valence-electron chi connectivity index (χ1n) is 9.56. The summed E-state index contributed by atoms with van der Waals surface area (Å²) in [5.41, 5.74) is 2.11. The molecular weight excluding hydrogens is 406 g/mol. The van der Waals surface area contributed by atoms with E-state index in [0.717, 1.165) is 19.4 Å². The fraction of sp³-hybridized carbons (Fsp3) is 0.238. The van der Waals surface area contributed by atoms with Crippen LogP contribution in [0.3, 0.4) is 0 Å². The van der Waals surface area contributed by atoms with Gasteiger partial charge in [-0.1, -0.05) is 11.6 Å². The molecule has 1 saturated heterocycles. The van der Waals surface area contributed by atoms with Gasteiger partial charge in [0.2, 0.25) is 0 Å². The van der Waals surface area contributed by atoms with Crippen molar-refractivity contribution in [1.82, 2.24) is 20.1 Å². The first kappa shape index (κ1) is 20.1. The van der Waals surface area contributed by atoms with E-state index in [-0.39, 0.29) is 17.9 Å². The Kier molecular flexibility index (Phi) is 6.06. The van der Waals surface area contributed by atoms with Gasteiger partial charge in [-0.05, 0) is 55.3 Å². The Labute approximate surface area is 178 Å². The molecule has 0 saturated carbocycles. The molecule has 0 spiro atoms. The van der Waals surface area contributed by atoms with Gasteiger partial charge in [0.15, 0.2) is 0 Å². The topological polar surface area (TPSA) is 98.1 Å². The van der Waals surface area contributed by atoms with Crippen molar-refractivity contribution < 1.29 is 14.3 Å². The zero-order valence-corrected chi connectivity index (χ0v) is 16.8. The van der Waals surface area contributed by atoms with Crippen LogP contribution in [0.25, 0.3) is 5.69 Å². The van der Waals surface area contributed by atoms with Crippen molar-refractivity contribution in [2.24, 2.45) is 0 Å². The second kappa shape index (κ2) is 9.06. The summed E-state index contributed by atoms with van der Waals surface area (Å²) in [5.74, 6) is -0.529. The monoisotopic (exact) mass is 425 g/mol. The van der Waals surface area contributed by atoms with E-state index >= 15 is 0 Å². The average Bonchev–Trinajstić information content (AvgIpc) is 3.47. The molecule has 1 aliphatic rings. The molecule has 0 radical (unpaired) electrons. The predicted octanol–water partition coefficient (Wildman–Crippen LogP) is 3.08. The van der Waals surface area contributed by atoms with E-state index < -0.39 is 0 Å². The second-order valence-corrected chi connectivity index (χ2v) is 7.32. The number of benzene rings is 2. The molecule has 2 N–H and O–H groups in total. The third kappa shape index (κ3) is 4.67. The van der Waals surface area contributed by atoms with E-state index in [1.54, 1.807) is 47.0 Å². The van der Waals surface area contributed by atoms with Crippen LogP contribution in [-0.2, 0) is 4.74 Å². The molecular formula is C21H20ClN5O3. The quantitative estimate of drug-likeness (QED) is 0.632. The van der Waals surface area contributed by atoms with Crippen LogP contribution in [0.15, 0.2) is 55.1 Å². The highest BCUT2D eigenvalue weighted by molar-refractivity contribution is 6.34. The van der Waals surface area contributed by atoms with Crippen LogP contribution in [0, 0.1) is 0 Å². The summed E-state index contributed by atoms with van der Waals surface area (Å²) in [7, 11) is 0. The van der Waals surface area contributed by atoms with Crippen LogP contribution in [0.4, 0.5) is 5.69 Å². The third-order valence-corrected chi connectivity index (χ3v) is 5.16. The van der Waals surface area contributed by atoms with Crippen molar-refractivity contribution in [3.63, 3.8) is 0 Å². The van der Waals surface area contributed by atoms with Gasteiger partial charge < -0.3 is 15.4 Å². The van der Waals surface area contributed by atoms with Crippen LogP contribution in [-0.4, -0.2) is 45.8 Å². The zero-order valence-electron chi connectivity index (χ0n) is 16.0.